The summed E-state index contributed by atoms with van der Waals surface area (Å²) in [5.41, 5.74) is 8.98. The average Bonchev–Trinajstić information content (AvgIpc) is 3.25. The molecular weight excluding hydrogens is 507 g/mol. The Morgan fingerprint density at radius 3 is 2.61 bits per heavy atom. The Morgan fingerprint density at radius 1 is 1.26 bits per heavy atom. The summed E-state index contributed by atoms with van der Waals surface area (Å²) in [6.07, 6.45) is 1.38. The van der Waals surface area contributed by atoms with Crippen molar-refractivity contribution in [2.45, 2.75) is 33.2 Å². The van der Waals surface area contributed by atoms with Gasteiger partial charge in [0, 0.05) is 13.6 Å². The van der Waals surface area contributed by atoms with E-state index < -0.39 is 0 Å². The summed E-state index contributed by atoms with van der Waals surface area (Å²) >= 11 is 0. The van der Waals surface area contributed by atoms with Crippen molar-refractivity contribution in [3.63, 3.8) is 0 Å². The third kappa shape index (κ3) is 5.97. The number of hydrogen-bond donors (Lipinski definition) is 3. The first kappa shape index (κ1) is 24.2. The van der Waals surface area contributed by atoms with Crippen molar-refractivity contribution in [1.29, 1.82) is 5.26 Å². The fourth-order valence-electron chi connectivity index (χ4n) is 3.00. The molecule has 0 saturated heterocycles. The summed E-state index contributed by atoms with van der Waals surface area (Å²) in [7, 11) is 1.71. The summed E-state index contributed by atoms with van der Waals surface area (Å²) in [5.74, 6) is 2.45. The maximum Gasteiger partial charge on any atom is 0.214 e. The molecule has 0 amide bonds. The highest BCUT2D eigenvalue weighted by molar-refractivity contribution is 14.0. The van der Waals surface area contributed by atoms with Crippen LogP contribution in [0.15, 0.2) is 39.7 Å². The first-order chi connectivity index (χ1) is 14.5. The van der Waals surface area contributed by atoms with Crippen LogP contribution in [-0.4, -0.2) is 34.3 Å². The molecule has 0 spiro atoms. The first-order valence-corrected chi connectivity index (χ1v) is 9.73. The quantitative estimate of drug-likeness (QED) is 0.184. The maximum absolute atomic E-state index is 9.50. The number of guanidine groups is 1. The highest BCUT2D eigenvalue weighted by Crippen LogP contribution is 2.21. The molecule has 9 nitrogen and oxygen atoms in total. The van der Waals surface area contributed by atoms with Gasteiger partial charge in [-0.05, 0) is 38.8 Å². The summed E-state index contributed by atoms with van der Waals surface area (Å²) < 4.78 is 7.17. The molecule has 4 N–H and O–H groups in total. The van der Waals surface area contributed by atoms with E-state index in [0.29, 0.717) is 48.4 Å². The Balaban J connectivity index is 0.00000341. The van der Waals surface area contributed by atoms with Crippen molar-refractivity contribution in [3.8, 4) is 11.8 Å². The number of aliphatic imine (C=N–C) groups is 1. The number of oxazole rings is 1. The molecule has 0 aliphatic rings. The summed E-state index contributed by atoms with van der Waals surface area (Å²) in [6, 6.07) is 11.7. The van der Waals surface area contributed by atoms with Gasteiger partial charge in [0.15, 0.2) is 5.96 Å². The molecule has 3 aromatic rings. The van der Waals surface area contributed by atoms with E-state index in [-0.39, 0.29) is 24.0 Å². The van der Waals surface area contributed by atoms with E-state index in [9.17, 15) is 5.26 Å². The van der Waals surface area contributed by atoms with Crippen molar-refractivity contribution in [2.24, 2.45) is 4.99 Å². The predicted octanol–water partition coefficient (Wildman–Crippen LogP) is 2.85. The van der Waals surface area contributed by atoms with Crippen LogP contribution in [-0.2, 0) is 13.0 Å². The second-order valence-corrected chi connectivity index (χ2v) is 6.77. The van der Waals surface area contributed by atoms with E-state index in [1.54, 1.807) is 11.7 Å². The fraction of sp³-hybridized carbons (Fsp3) is 0.333. The number of hydrogen-bond acceptors (Lipinski definition) is 6. The van der Waals surface area contributed by atoms with Crippen LogP contribution < -0.4 is 16.4 Å². The minimum Gasteiger partial charge on any atom is -0.444 e. The molecule has 0 fully saturated rings. The number of benzene rings is 1. The third-order valence-corrected chi connectivity index (χ3v) is 4.69. The van der Waals surface area contributed by atoms with Gasteiger partial charge in [-0.25, -0.2) is 9.67 Å². The van der Waals surface area contributed by atoms with Crippen LogP contribution in [0.25, 0.3) is 5.69 Å². The minimum atomic E-state index is 0. The van der Waals surface area contributed by atoms with E-state index in [2.05, 4.69) is 31.8 Å². The van der Waals surface area contributed by atoms with Crippen LogP contribution in [0.4, 0.5) is 5.82 Å². The minimum absolute atomic E-state index is 0. The molecule has 2 heterocycles. The molecule has 164 valence electrons. The highest BCUT2D eigenvalue weighted by Gasteiger charge is 2.16. The molecule has 1 aromatic carbocycles. The van der Waals surface area contributed by atoms with Gasteiger partial charge in [-0.15, -0.1) is 24.0 Å². The monoisotopic (exact) mass is 534 g/mol. The zero-order valence-corrected chi connectivity index (χ0v) is 20.2. The number of nitrogens with zero attached hydrogens (tertiary/aromatic N) is 5. The number of nitrogen functional groups attached to an aromatic ring is 1. The van der Waals surface area contributed by atoms with E-state index in [1.807, 2.05) is 44.2 Å². The van der Waals surface area contributed by atoms with Crippen LogP contribution in [0, 0.1) is 25.2 Å². The maximum atomic E-state index is 9.50. The van der Waals surface area contributed by atoms with E-state index in [4.69, 9.17) is 10.2 Å². The number of nitrogens with one attached hydrogen (secondary N) is 2. The van der Waals surface area contributed by atoms with Gasteiger partial charge in [-0.3, -0.25) is 4.99 Å². The number of nitriles is 1. The highest BCUT2D eigenvalue weighted by atomic mass is 127. The summed E-state index contributed by atoms with van der Waals surface area (Å²) in [5, 5.41) is 20.5. The Labute approximate surface area is 198 Å². The Hall–Kier alpha value is -3.07. The van der Waals surface area contributed by atoms with Crippen LogP contribution in [0.5, 0.6) is 0 Å². The van der Waals surface area contributed by atoms with Crippen molar-refractivity contribution >= 4 is 35.8 Å². The van der Waals surface area contributed by atoms with Crippen LogP contribution >= 0.6 is 24.0 Å². The van der Waals surface area contributed by atoms with Crippen LogP contribution in [0.3, 0.4) is 0 Å². The van der Waals surface area contributed by atoms with Gasteiger partial charge in [0.1, 0.15) is 23.2 Å². The zero-order chi connectivity index (χ0) is 21.5. The number of aromatic nitrogens is 3. The molecule has 0 bridgehead atoms. The lowest BCUT2D eigenvalue weighted by Crippen LogP contribution is -2.37. The van der Waals surface area contributed by atoms with Crippen molar-refractivity contribution < 1.29 is 4.42 Å². The van der Waals surface area contributed by atoms with Crippen molar-refractivity contribution in [2.75, 3.05) is 19.3 Å². The Kier molecular flexibility index (Phi) is 8.87. The molecule has 10 heteroatoms. The van der Waals surface area contributed by atoms with Crippen molar-refractivity contribution in [3.05, 3.63) is 58.9 Å². The standard InChI is InChI=1S/C21H26N8O.HI/c1-14-15(2)30-19(27-14)13-26-21(24-3)25-11-7-10-18-17(12-22)20(23)29(28-18)16-8-5-4-6-9-16;/h4-6,8-9H,7,10-11,13,23H2,1-3H3,(H2,24,25,26);1H. The van der Waals surface area contributed by atoms with Gasteiger partial charge >= 0.3 is 0 Å². The normalized spacial score (nSPS) is 11.0. The molecule has 31 heavy (non-hydrogen) atoms. The predicted molar refractivity (Wildman–Crippen MR) is 131 cm³/mol. The van der Waals surface area contributed by atoms with Crippen LogP contribution in [0.2, 0.25) is 0 Å². The molecule has 0 aliphatic heterocycles. The second kappa shape index (κ2) is 11.4. The smallest absolute Gasteiger partial charge is 0.214 e. The topological polar surface area (TPSA) is 130 Å². The van der Waals surface area contributed by atoms with E-state index in [0.717, 1.165) is 23.6 Å². The van der Waals surface area contributed by atoms with Crippen LogP contribution in [0.1, 0.15) is 35.0 Å². The number of rotatable bonds is 7. The number of anilines is 1. The SMILES string of the molecule is CN=C(NCCCc1nn(-c2ccccc2)c(N)c1C#N)NCc1nc(C)c(C)o1.I. The second-order valence-electron chi connectivity index (χ2n) is 6.77. The molecule has 0 aliphatic carbocycles. The fourth-order valence-corrected chi connectivity index (χ4v) is 3.00. The lowest BCUT2D eigenvalue weighted by Gasteiger charge is -2.10. The summed E-state index contributed by atoms with van der Waals surface area (Å²) in [6.45, 7) is 4.91. The zero-order valence-electron chi connectivity index (χ0n) is 17.8. The number of halogens is 1. The Bertz CT molecular complexity index is 1050. The van der Waals surface area contributed by atoms with Gasteiger partial charge in [0.05, 0.1) is 23.6 Å². The third-order valence-electron chi connectivity index (χ3n) is 4.69. The molecule has 0 radical (unpaired) electrons. The number of para-hydroxylation sites is 1. The van der Waals surface area contributed by atoms with E-state index >= 15 is 0 Å². The van der Waals surface area contributed by atoms with Gasteiger partial charge in [-0.2, -0.15) is 10.4 Å². The molecule has 3 rings (SSSR count). The summed E-state index contributed by atoms with van der Waals surface area (Å²) in [4.78, 5) is 8.54. The Morgan fingerprint density at radius 2 is 2.00 bits per heavy atom. The first-order valence-electron chi connectivity index (χ1n) is 9.73. The van der Waals surface area contributed by atoms with Gasteiger partial charge < -0.3 is 20.8 Å². The number of nitrogens with two attached hydrogens (primary N) is 1. The average molecular weight is 534 g/mol. The lowest BCUT2D eigenvalue weighted by molar-refractivity contribution is 0.463. The van der Waals surface area contributed by atoms with E-state index in [1.165, 1.54) is 0 Å². The molecule has 0 saturated carbocycles. The number of aryl methyl sites for hydroxylation is 3. The molecule has 0 unspecified atom stereocenters. The molecular formula is C21H27IN8O. The molecule has 0 atom stereocenters. The van der Waals surface area contributed by atoms with Crippen molar-refractivity contribution in [1.82, 2.24) is 25.4 Å². The van der Waals surface area contributed by atoms with Gasteiger partial charge in [-0.1, -0.05) is 18.2 Å². The largest absolute Gasteiger partial charge is 0.444 e. The van der Waals surface area contributed by atoms with Gasteiger partial charge in [0.2, 0.25) is 5.89 Å². The lowest BCUT2D eigenvalue weighted by atomic mass is 10.1. The van der Waals surface area contributed by atoms with Gasteiger partial charge in [0.25, 0.3) is 0 Å². The molecule has 2 aromatic heterocycles.